The van der Waals surface area contributed by atoms with Crippen molar-refractivity contribution in [3.63, 3.8) is 0 Å². The molecular weight excluding hydrogens is 330 g/mol. The van der Waals surface area contributed by atoms with Crippen LogP contribution in [-0.2, 0) is 4.79 Å². The Morgan fingerprint density at radius 1 is 1.08 bits per heavy atom. The van der Waals surface area contributed by atoms with E-state index in [4.69, 9.17) is 0 Å². The highest BCUT2D eigenvalue weighted by molar-refractivity contribution is 5.92. The molecule has 1 unspecified atom stereocenters. The standard InChI is InChI=1S/C19H27N5O2/c25-18(21-15-5-6-15)14-3-2-10-24(13-14)16-7-11-23(12-8-16)19(26)17-4-1-9-20-22-17/h1,4,9,14-16H,2-3,5-8,10-13H2,(H,21,25). The molecule has 0 radical (unpaired) electrons. The summed E-state index contributed by atoms with van der Waals surface area (Å²) in [6, 6.07) is 4.37. The molecule has 1 aromatic heterocycles. The fourth-order valence-electron chi connectivity index (χ4n) is 4.11. The van der Waals surface area contributed by atoms with Crippen molar-refractivity contribution < 1.29 is 9.59 Å². The largest absolute Gasteiger partial charge is 0.353 e. The molecule has 140 valence electrons. The van der Waals surface area contributed by atoms with Crippen molar-refractivity contribution in [2.75, 3.05) is 26.2 Å². The van der Waals surface area contributed by atoms with Crippen LogP contribution in [0.15, 0.2) is 18.3 Å². The van der Waals surface area contributed by atoms with Crippen LogP contribution in [0.2, 0.25) is 0 Å². The molecule has 7 heteroatoms. The van der Waals surface area contributed by atoms with Gasteiger partial charge in [0.2, 0.25) is 5.91 Å². The zero-order valence-corrected chi connectivity index (χ0v) is 15.1. The highest BCUT2D eigenvalue weighted by Gasteiger charge is 2.34. The fourth-order valence-corrected chi connectivity index (χ4v) is 4.11. The number of amides is 2. The van der Waals surface area contributed by atoms with E-state index in [9.17, 15) is 9.59 Å². The van der Waals surface area contributed by atoms with E-state index >= 15 is 0 Å². The van der Waals surface area contributed by atoms with E-state index in [1.54, 1.807) is 18.3 Å². The van der Waals surface area contributed by atoms with E-state index in [2.05, 4.69) is 20.4 Å². The number of carbonyl (C=O) groups is 2. The third kappa shape index (κ3) is 4.03. The first-order chi connectivity index (χ1) is 12.7. The first-order valence-electron chi connectivity index (χ1n) is 9.82. The second kappa shape index (κ2) is 7.70. The van der Waals surface area contributed by atoms with Gasteiger partial charge in [-0.3, -0.25) is 14.5 Å². The molecule has 1 atom stereocenters. The van der Waals surface area contributed by atoms with Gasteiger partial charge in [-0.1, -0.05) is 0 Å². The lowest BCUT2D eigenvalue weighted by molar-refractivity contribution is -0.127. The lowest BCUT2D eigenvalue weighted by Crippen LogP contribution is -2.51. The van der Waals surface area contributed by atoms with Crippen molar-refractivity contribution in [1.29, 1.82) is 0 Å². The van der Waals surface area contributed by atoms with Crippen LogP contribution in [0.4, 0.5) is 0 Å². The van der Waals surface area contributed by atoms with Crippen LogP contribution in [-0.4, -0.2) is 70.1 Å². The van der Waals surface area contributed by atoms with E-state index in [1.165, 1.54) is 0 Å². The van der Waals surface area contributed by atoms with Gasteiger partial charge in [0.25, 0.3) is 5.91 Å². The number of carbonyl (C=O) groups excluding carboxylic acids is 2. The average Bonchev–Trinajstić information content (AvgIpc) is 3.52. The Kier molecular flexibility index (Phi) is 5.15. The molecule has 2 saturated heterocycles. The minimum atomic E-state index is -0.0307. The summed E-state index contributed by atoms with van der Waals surface area (Å²) < 4.78 is 0. The molecule has 3 aliphatic rings. The number of piperidine rings is 2. The Morgan fingerprint density at radius 2 is 1.88 bits per heavy atom. The third-order valence-corrected chi connectivity index (χ3v) is 5.81. The van der Waals surface area contributed by atoms with Crippen LogP contribution in [0, 0.1) is 5.92 Å². The van der Waals surface area contributed by atoms with Crippen LogP contribution >= 0.6 is 0 Å². The molecule has 1 aliphatic carbocycles. The summed E-state index contributed by atoms with van der Waals surface area (Å²) in [5.41, 5.74) is 0.417. The molecule has 0 bridgehead atoms. The molecule has 3 fully saturated rings. The minimum Gasteiger partial charge on any atom is -0.353 e. The van der Waals surface area contributed by atoms with Gasteiger partial charge >= 0.3 is 0 Å². The van der Waals surface area contributed by atoms with Gasteiger partial charge in [-0.15, -0.1) is 5.10 Å². The molecule has 4 rings (SSSR count). The monoisotopic (exact) mass is 357 g/mol. The fraction of sp³-hybridized carbons (Fsp3) is 0.684. The van der Waals surface area contributed by atoms with Crippen molar-refractivity contribution in [3.05, 3.63) is 24.0 Å². The van der Waals surface area contributed by atoms with E-state index in [0.717, 1.165) is 64.7 Å². The zero-order chi connectivity index (χ0) is 17.9. The molecule has 0 aromatic carbocycles. The Morgan fingerprint density at radius 3 is 2.58 bits per heavy atom. The third-order valence-electron chi connectivity index (χ3n) is 5.81. The van der Waals surface area contributed by atoms with Gasteiger partial charge < -0.3 is 10.2 Å². The van der Waals surface area contributed by atoms with Gasteiger partial charge in [0.1, 0.15) is 0 Å². The van der Waals surface area contributed by atoms with Crippen molar-refractivity contribution >= 4 is 11.8 Å². The number of aromatic nitrogens is 2. The molecule has 0 spiro atoms. The molecule has 3 heterocycles. The Balaban J connectivity index is 1.28. The van der Waals surface area contributed by atoms with E-state index < -0.39 is 0 Å². The first-order valence-corrected chi connectivity index (χ1v) is 9.82. The number of rotatable bonds is 4. The van der Waals surface area contributed by atoms with Crippen molar-refractivity contribution in [3.8, 4) is 0 Å². The first kappa shape index (κ1) is 17.4. The Labute approximate surface area is 154 Å². The normalized spacial score (nSPS) is 25.1. The van der Waals surface area contributed by atoms with Crippen molar-refractivity contribution in [2.45, 2.75) is 50.6 Å². The predicted octanol–water partition coefficient (Wildman–Crippen LogP) is 1.07. The summed E-state index contributed by atoms with van der Waals surface area (Å²) in [5.74, 6) is 0.341. The number of nitrogens with one attached hydrogen (secondary N) is 1. The van der Waals surface area contributed by atoms with Gasteiger partial charge in [-0.2, -0.15) is 5.10 Å². The van der Waals surface area contributed by atoms with Crippen LogP contribution in [0.1, 0.15) is 49.0 Å². The lowest BCUT2D eigenvalue weighted by atomic mass is 9.93. The molecule has 26 heavy (non-hydrogen) atoms. The van der Waals surface area contributed by atoms with Gasteiger partial charge in [-0.25, -0.2) is 0 Å². The summed E-state index contributed by atoms with van der Waals surface area (Å²) in [7, 11) is 0. The molecule has 1 saturated carbocycles. The predicted molar refractivity (Wildman–Crippen MR) is 96.4 cm³/mol. The maximum absolute atomic E-state index is 12.5. The van der Waals surface area contributed by atoms with Crippen molar-refractivity contribution in [1.82, 2.24) is 25.3 Å². The Bertz CT molecular complexity index is 641. The van der Waals surface area contributed by atoms with E-state index in [-0.39, 0.29) is 17.7 Å². The van der Waals surface area contributed by atoms with Gasteiger partial charge in [0, 0.05) is 37.9 Å². The molecule has 1 aromatic rings. The highest BCUT2D eigenvalue weighted by Crippen LogP contribution is 2.26. The molecule has 2 aliphatic heterocycles. The van der Waals surface area contributed by atoms with Crippen LogP contribution in [0.3, 0.4) is 0 Å². The van der Waals surface area contributed by atoms with Crippen molar-refractivity contribution in [2.24, 2.45) is 5.92 Å². The number of nitrogens with zero attached hydrogens (tertiary/aromatic N) is 4. The Hall–Kier alpha value is -2.02. The van der Waals surface area contributed by atoms with Gasteiger partial charge in [0.05, 0.1) is 5.92 Å². The highest BCUT2D eigenvalue weighted by atomic mass is 16.2. The van der Waals surface area contributed by atoms with Crippen LogP contribution in [0.25, 0.3) is 0 Å². The summed E-state index contributed by atoms with van der Waals surface area (Å²) in [4.78, 5) is 29.2. The zero-order valence-electron chi connectivity index (χ0n) is 15.1. The summed E-state index contributed by atoms with van der Waals surface area (Å²) in [5, 5.41) is 10.9. The lowest BCUT2D eigenvalue weighted by Gasteiger charge is -2.42. The van der Waals surface area contributed by atoms with Gasteiger partial charge in [-0.05, 0) is 57.2 Å². The SMILES string of the molecule is O=C(NC1CC1)C1CCCN(C2CCN(C(=O)c3cccnn3)CC2)C1. The topological polar surface area (TPSA) is 78.4 Å². The van der Waals surface area contributed by atoms with E-state index in [0.29, 0.717) is 17.8 Å². The summed E-state index contributed by atoms with van der Waals surface area (Å²) in [6.45, 7) is 3.42. The molecule has 2 amide bonds. The smallest absolute Gasteiger partial charge is 0.274 e. The maximum Gasteiger partial charge on any atom is 0.274 e. The van der Waals surface area contributed by atoms with E-state index in [1.807, 2.05) is 4.90 Å². The molecule has 7 nitrogen and oxygen atoms in total. The average molecular weight is 357 g/mol. The molecular formula is C19H27N5O2. The van der Waals surface area contributed by atoms with Crippen LogP contribution < -0.4 is 5.32 Å². The minimum absolute atomic E-state index is 0.0307. The number of hydrogen-bond donors (Lipinski definition) is 1. The van der Waals surface area contributed by atoms with Gasteiger partial charge in [0.15, 0.2) is 5.69 Å². The number of likely N-dealkylation sites (tertiary alicyclic amines) is 2. The molecule has 1 N–H and O–H groups in total. The number of hydrogen-bond acceptors (Lipinski definition) is 5. The van der Waals surface area contributed by atoms with Crippen LogP contribution in [0.5, 0.6) is 0 Å². The quantitative estimate of drug-likeness (QED) is 0.872. The second-order valence-corrected chi connectivity index (χ2v) is 7.75. The maximum atomic E-state index is 12.5. The second-order valence-electron chi connectivity index (χ2n) is 7.75. The summed E-state index contributed by atoms with van der Waals surface area (Å²) in [6.07, 6.45) is 7.86. The summed E-state index contributed by atoms with van der Waals surface area (Å²) >= 11 is 0.